The van der Waals surface area contributed by atoms with Gasteiger partial charge in [0.25, 0.3) is 0 Å². The molecule has 0 heterocycles. The maximum atomic E-state index is 12.0. The summed E-state index contributed by atoms with van der Waals surface area (Å²) >= 11 is 12.0. The molecule has 5 heteroatoms. The third-order valence-electron chi connectivity index (χ3n) is 3.71. The third-order valence-corrected chi connectivity index (χ3v) is 4.55. The van der Waals surface area contributed by atoms with E-state index in [1.807, 2.05) is 30.3 Å². The SMILES string of the molecule is O=C(N/N=C\c1cccc(Cl)c1Cl)[C@H]1C[C@@H]1c1ccccc1. The predicted octanol–water partition coefficient (Wildman–Crippen LogP) is 4.25. The van der Waals surface area contributed by atoms with E-state index in [2.05, 4.69) is 10.5 Å². The lowest BCUT2D eigenvalue weighted by Crippen LogP contribution is -2.20. The molecular formula is C17H14Cl2N2O. The van der Waals surface area contributed by atoms with Crippen molar-refractivity contribution in [3.05, 3.63) is 69.7 Å². The first kappa shape index (κ1) is 15.1. The number of carbonyl (C=O) groups is 1. The van der Waals surface area contributed by atoms with Crippen LogP contribution in [-0.4, -0.2) is 12.1 Å². The fourth-order valence-electron chi connectivity index (χ4n) is 2.42. The average molecular weight is 333 g/mol. The first-order valence-electron chi connectivity index (χ1n) is 6.98. The summed E-state index contributed by atoms with van der Waals surface area (Å²) in [6.45, 7) is 0. The zero-order chi connectivity index (χ0) is 15.5. The standard InChI is InChI=1S/C17H14Cl2N2O/c18-15-8-4-7-12(16(15)19)10-20-21-17(22)14-9-13(14)11-5-2-1-3-6-11/h1-8,10,13-14H,9H2,(H,21,22)/b20-10-/t13-,14+/m1/s1. The molecule has 2 aromatic carbocycles. The molecule has 1 amide bonds. The highest BCUT2D eigenvalue weighted by Crippen LogP contribution is 2.47. The van der Waals surface area contributed by atoms with Gasteiger partial charge in [-0.1, -0.05) is 65.7 Å². The Labute approximate surface area is 138 Å². The zero-order valence-corrected chi connectivity index (χ0v) is 13.2. The quantitative estimate of drug-likeness (QED) is 0.660. The Morgan fingerprint density at radius 3 is 2.68 bits per heavy atom. The highest BCUT2D eigenvalue weighted by Gasteiger charge is 2.43. The van der Waals surface area contributed by atoms with Crippen LogP contribution >= 0.6 is 23.2 Å². The smallest absolute Gasteiger partial charge is 0.243 e. The van der Waals surface area contributed by atoms with Crippen LogP contribution in [0.5, 0.6) is 0 Å². The summed E-state index contributed by atoms with van der Waals surface area (Å²) < 4.78 is 0. The first-order valence-corrected chi connectivity index (χ1v) is 7.74. The Balaban J connectivity index is 1.58. The molecule has 1 N–H and O–H groups in total. The van der Waals surface area contributed by atoms with Crippen LogP contribution in [0.1, 0.15) is 23.5 Å². The second kappa shape index (κ2) is 6.51. The van der Waals surface area contributed by atoms with Crippen molar-refractivity contribution in [2.45, 2.75) is 12.3 Å². The lowest BCUT2D eigenvalue weighted by Gasteiger charge is -2.01. The van der Waals surface area contributed by atoms with Gasteiger partial charge in [0, 0.05) is 11.5 Å². The van der Waals surface area contributed by atoms with Gasteiger partial charge in [-0.2, -0.15) is 5.10 Å². The summed E-state index contributed by atoms with van der Waals surface area (Å²) in [5.41, 5.74) is 4.44. The van der Waals surface area contributed by atoms with Gasteiger partial charge in [-0.3, -0.25) is 4.79 Å². The molecule has 0 aromatic heterocycles. The summed E-state index contributed by atoms with van der Waals surface area (Å²) in [5.74, 6) is 0.226. The number of nitrogens with one attached hydrogen (secondary N) is 1. The maximum absolute atomic E-state index is 12.0. The number of hydrogen-bond donors (Lipinski definition) is 1. The highest BCUT2D eigenvalue weighted by molar-refractivity contribution is 6.43. The third kappa shape index (κ3) is 3.32. The van der Waals surface area contributed by atoms with Crippen molar-refractivity contribution in [1.29, 1.82) is 0 Å². The Kier molecular flexibility index (Phi) is 4.46. The molecule has 3 nitrogen and oxygen atoms in total. The molecule has 3 rings (SSSR count). The first-order chi connectivity index (χ1) is 10.7. The topological polar surface area (TPSA) is 41.5 Å². The van der Waals surface area contributed by atoms with Crippen LogP contribution in [0, 0.1) is 5.92 Å². The van der Waals surface area contributed by atoms with Crippen molar-refractivity contribution in [3.63, 3.8) is 0 Å². The van der Waals surface area contributed by atoms with Gasteiger partial charge in [-0.25, -0.2) is 5.43 Å². The molecule has 0 aliphatic heterocycles. The van der Waals surface area contributed by atoms with E-state index in [4.69, 9.17) is 23.2 Å². The number of rotatable bonds is 4. The van der Waals surface area contributed by atoms with E-state index < -0.39 is 0 Å². The molecule has 2 atom stereocenters. The van der Waals surface area contributed by atoms with Crippen LogP contribution in [0.3, 0.4) is 0 Å². The van der Waals surface area contributed by atoms with Gasteiger partial charge in [-0.15, -0.1) is 0 Å². The van der Waals surface area contributed by atoms with Gasteiger partial charge < -0.3 is 0 Å². The monoisotopic (exact) mass is 332 g/mol. The van der Waals surface area contributed by atoms with E-state index in [0.717, 1.165) is 6.42 Å². The van der Waals surface area contributed by atoms with E-state index in [1.54, 1.807) is 18.2 Å². The number of hydrogen-bond acceptors (Lipinski definition) is 2. The van der Waals surface area contributed by atoms with Crippen LogP contribution in [0.2, 0.25) is 10.0 Å². The molecule has 1 fully saturated rings. The van der Waals surface area contributed by atoms with Crippen LogP contribution in [0.15, 0.2) is 53.6 Å². The lowest BCUT2D eigenvalue weighted by atomic mass is 10.1. The Morgan fingerprint density at radius 2 is 1.91 bits per heavy atom. The van der Waals surface area contributed by atoms with E-state index in [9.17, 15) is 4.79 Å². The Bertz CT molecular complexity index is 716. The number of halogens is 2. The van der Waals surface area contributed by atoms with Gasteiger partial charge in [0.2, 0.25) is 5.91 Å². The second-order valence-corrected chi connectivity index (χ2v) is 6.02. The molecule has 0 unspecified atom stereocenters. The van der Waals surface area contributed by atoms with Crippen molar-refractivity contribution in [1.82, 2.24) is 5.43 Å². The van der Waals surface area contributed by atoms with Crippen LogP contribution in [0.4, 0.5) is 0 Å². The Hall–Kier alpha value is -1.84. The molecule has 1 aliphatic rings. The van der Waals surface area contributed by atoms with E-state index in [0.29, 0.717) is 21.5 Å². The molecule has 22 heavy (non-hydrogen) atoms. The molecule has 2 aromatic rings. The van der Waals surface area contributed by atoms with Gasteiger partial charge in [-0.05, 0) is 24.0 Å². The summed E-state index contributed by atoms with van der Waals surface area (Å²) in [5, 5.41) is 4.85. The lowest BCUT2D eigenvalue weighted by molar-refractivity contribution is -0.122. The number of nitrogens with zero attached hydrogens (tertiary/aromatic N) is 1. The molecule has 0 radical (unpaired) electrons. The fourth-order valence-corrected chi connectivity index (χ4v) is 2.78. The maximum Gasteiger partial charge on any atom is 0.243 e. The predicted molar refractivity (Wildman–Crippen MR) is 89.5 cm³/mol. The summed E-state index contributed by atoms with van der Waals surface area (Å²) in [4.78, 5) is 12.0. The van der Waals surface area contributed by atoms with Crippen molar-refractivity contribution in [2.75, 3.05) is 0 Å². The van der Waals surface area contributed by atoms with Gasteiger partial charge >= 0.3 is 0 Å². The van der Waals surface area contributed by atoms with Gasteiger partial charge in [0.1, 0.15) is 0 Å². The van der Waals surface area contributed by atoms with Crippen molar-refractivity contribution >= 4 is 35.3 Å². The van der Waals surface area contributed by atoms with Crippen molar-refractivity contribution < 1.29 is 4.79 Å². The molecule has 0 saturated heterocycles. The molecule has 0 bridgehead atoms. The largest absolute Gasteiger partial charge is 0.273 e. The van der Waals surface area contributed by atoms with Crippen LogP contribution in [0.25, 0.3) is 0 Å². The molecular weight excluding hydrogens is 319 g/mol. The van der Waals surface area contributed by atoms with Crippen LogP contribution < -0.4 is 5.43 Å². The minimum atomic E-state index is -0.0664. The highest BCUT2D eigenvalue weighted by atomic mass is 35.5. The molecule has 1 aliphatic carbocycles. The van der Waals surface area contributed by atoms with Crippen molar-refractivity contribution in [3.8, 4) is 0 Å². The molecule has 0 spiro atoms. The molecule has 1 saturated carbocycles. The minimum absolute atomic E-state index is 0.00520. The van der Waals surface area contributed by atoms with Gasteiger partial charge in [0.05, 0.1) is 16.3 Å². The number of carbonyl (C=O) groups excluding carboxylic acids is 1. The van der Waals surface area contributed by atoms with Gasteiger partial charge in [0.15, 0.2) is 0 Å². The summed E-state index contributed by atoms with van der Waals surface area (Å²) in [7, 11) is 0. The normalized spacial score (nSPS) is 20.1. The van der Waals surface area contributed by atoms with E-state index in [1.165, 1.54) is 11.8 Å². The average Bonchev–Trinajstić information content (AvgIpc) is 3.33. The minimum Gasteiger partial charge on any atom is -0.273 e. The summed E-state index contributed by atoms with van der Waals surface area (Å²) in [6.07, 6.45) is 2.37. The number of benzene rings is 2. The molecule has 112 valence electrons. The number of amides is 1. The second-order valence-electron chi connectivity index (χ2n) is 5.24. The van der Waals surface area contributed by atoms with Crippen LogP contribution in [-0.2, 0) is 4.79 Å². The Morgan fingerprint density at radius 1 is 1.14 bits per heavy atom. The zero-order valence-electron chi connectivity index (χ0n) is 11.7. The van der Waals surface area contributed by atoms with E-state index >= 15 is 0 Å². The fraction of sp³-hybridized carbons (Fsp3) is 0.176. The van der Waals surface area contributed by atoms with E-state index in [-0.39, 0.29) is 11.8 Å². The van der Waals surface area contributed by atoms with Crippen molar-refractivity contribution in [2.24, 2.45) is 11.0 Å². The number of hydrazone groups is 1. The summed E-state index contributed by atoms with van der Waals surface area (Å²) in [6, 6.07) is 15.3.